The molecule has 0 aliphatic heterocycles. The Bertz CT molecular complexity index is 416. The number of hydrogen-bond acceptors (Lipinski definition) is 5. The molecule has 0 fully saturated rings. The number of non-ortho nitro benzene ring substituents is 1. The number of carbonyl (C=O) groups excluding carboxylic acids is 1. The minimum absolute atomic E-state index is 0.0550. The van der Waals surface area contributed by atoms with Gasteiger partial charge >= 0.3 is 5.97 Å². The molecule has 0 saturated carbocycles. The van der Waals surface area contributed by atoms with Crippen LogP contribution in [0.1, 0.15) is 36.0 Å². The fraction of sp³-hybridized carbons (Fsp3) is 0.462. The maximum atomic E-state index is 11.6. The molecule has 0 heterocycles. The average Bonchev–Trinajstić information content (AvgIpc) is 2.42. The number of benzene rings is 1. The molecule has 1 rings (SSSR count). The molecule has 19 heavy (non-hydrogen) atoms. The molecule has 0 aliphatic rings. The van der Waals surface area contributed by atoms with Crippen molar-refractivity contribution < 1.29 is 19.6 Å². The van der Waals surface area contributed by atoms with Crippen molar-refractivity contribution in [2.45, 2.75) is 25.7 Å². The predicted molar refractivity (Wildman–Crippen MR) is 68.9 cm³/mol. The van der Waals surface area contributed by atoms with Gasteiger partial charge in [-0.2, -0.15) is 0 Å². The smallest absolute Gasteiger partial charge is 0.338 e. The van der Waals surface area contributed by atoms with E-state index >= 15 is 0 Å². The second-order valence-corrected chi connectivity index (χ2v) is 4.08. The number of ether oxygens (including phenoxy) is 1. The fourth-order valence-corrected chi connectivity index (χ4v) is 1.53. The van der Waals surface area contributed by atoms with Crippen molar-refractivity contribution in [2.75, 3.05) is 13.2 Å². The van der Waals surface area contributed by atoms with Crippen molar-refractivity contribution in [1.82, 2.24) is 0 Å². The summed E-state index contributed by atoms with van der Waals surface area (Å²) in [5, 5.41) is 19.0. The first-order chi connectivity index (χ1) is 9.15. The van der Waals surface area contributed by atoms with Crippen LogP contribution in [0.2, 0.25) is 0 Å². The van der Waals surface area contributed by atoms with Gasteiger partial charge in [0.15, 0.2) is 0 Å². The lowest BCUT2D eigenvalue weighted by Gasteiger charge is -2.04. The zero-order valence-electron chi connectivity index (χ0n) is 10.6. The van der Waals surface area contributed by atoms with Crippen LogP contribution in [0.4, 0.5) is 5.69 Å². The number of nitro benzene ring substituents is 1. The third-order valence-electron chi connectivity index (χ3n) is 2.60. The van der Waals surface area contributed by atoms with Crippen molar-refractivity contribution in [3.05, 3.63) is 39.9 Å². The quantitative estimate of drug-likeness (QED) is 0.338. The van der Waals surface area contributed by atoms with E-state index in [2.05, 4.69) is 0 Å². The van der Waals surface area contributed by atoms with E-state index in [1.807, 2.05) is 0 Å². The highest BCUT2D eigenvalue weighted by atomic mass is 16.6. The van der Waals surface area contributed by atoms with Crippen molar-refractivity contribution in [2.24, 2.45) is 0 Å². The summed E-state index contributed by atoms with van der Waals surface area (Å²) in [6.45, 7) is 0.504. The van der Waals surface area contributed by atoms with Crippen molar-refractivity contribution in [3.8, 4) is 0 Å². The molecule has 0 aliphatic carbocycles. The summed E-state index contributed by atoms with van der Waals surface area (Å²) < 4.78 is 5.04. The van der Waals surface area contributed by atoms with Gasteiger partial charge in [0.2, 0.25) is 0 Å². The average molecular weight is 267 g/mol. The van der Waals surface area contributed by atoms with Gasteiger partial charge in [-0.3, -0.25) is 10.1 Å². The number of aliphatic hydroxyl groups excluding tert-OH is 1. The molecule has 0 atom stereocenters. The van der Waals surface area contributed by atoms with E-state index in [1.165, 1.54) is 24.3 Å². The van der Waals surface area contributed by atoms with E-state index in [-0.39, 0.29) is 12.3 Å². The van der Waals surface area contributed by atoms with Gasteiger partial charge in [-0.25, -0.2) is 4.79 Å². The topological polar surface area (TPSA) is 89.7 Å². The Hall–Kier alpha value is -1.95. The molecule has 0 saturated heterocycles. The van der Waals surface area contributed by atoms with Crippen LogP contribution in [0.25, 0.3) is 0 Å². The van der Waals surface area contributed by atoms with Gasteiger partial charge in [-0.1, -0.05) is 6.42 Å². The number of hydrogen-bond donors (Lipinski definition) is 1. The molecule has 0 aromatic heterocycles. The molecule has 104 valence electrons. The Kier molecular flexibility index (Phi) is 6.52. The van der Waals surface area contributed by atoms with Gasteiger partial charge < -0.3 is 9.84 Å². The van der Waals surface area contributed by atoms with Crippen LogP contribution < -0.4 is 0 Å². The molecular formula is C13H17NO5. The highest BCUT2D eigenvalue weighted by Crippen LogP contribution is 2.12. The van der Waals surface area contributed by atoms with E-state index in [0.29, 0.717) is 12.2 Å². The molecular weight excluding hydrogens is 250 g/mol. The molecule has 1 N–H and O–H groups in total. The predicted octanol–water partition coefficient (Wildman–Crippen LogP) is 2.30. The Morgan fingerprint density at radius 2 is 1.79 bits per heavy atom. The van der Waals surface area contributed by atoms with Crippen LogP contribution >= 0.6 is 0 Å². The fourth-order valence-electron chi connectivity index (χ4n) is 1.53. The third-order valence-corrected chi connectivity index (χ3v) is 2.60. The summed E-state index contributed by atoms with van der Waals surface area (Å²) in [6, 6.07) is 5.31. The lowest BCUT2D eigenvalue weighted by atomic mass is 10.2. The minimum atomic E-state index is -0.518. The van der Waals surface area contributed by atoms with Gasteiger partial charge in [0.05, 0.1) is 17.1 Å². The van der Waals surface area contributed by atoms with Crippen LogP contribution in [0.5, 0.6) is 0 Å². The number of esters is 1. The Balaban J connectivity index is 2.31. The SMILES string of the molecule is O=C(OCCCCCCO)c1ccc([N+](=O)[O-])cc1. The van der Waals surface area contributed by atoms with Gasteiger partial charge in [-0.15, -0.1) is 0 Å². The van der Waals surface area contributed by atoms with Gasteiger partial charge in [0, 0.05) is 18.7 Å². The first-order valence-electron chi connectivity index (χ1n) is 6.17. The number of carbonyl (C=O) groups is 1. The van der Waals surface area contributed by atoms with E-state index in [0.717, 1.165) is 25.7 Å². The van der Waals surface area contributed by atoms with E-state index < -0.39 is 10.9 Å². The standard InChI is InChI=1S/C13H17NO5/c15-9-3-1-2-4-10-19-13(16)11-5-7-12(8-6-11)14(17)18/h5-8,15H,1-4,9-10H2. The van der Waals surface area contributed by atoms with Crippen LogP contribution in [-0.4, -0.2) is 29.2 Å². The number of aliphatic hydroxyl groups is 1. The van der Waals surface area contributed by atoms with Crippen LogP contribution in [0.15, 0.2) is 24.3 Å². The molecule has 0 unspecified atom stereocenters. The van der Waals surface area contributed by atoms with Gasteiger partial charge in [0.1, 0.15) is 0 Å². The normalized spacial score (nSPS) is 10.2. The van der Waals surface area contributed by atoms with Crippen LogP contribution in [-0.2, 0) is 4.74 Å². The summed E-state index contributed by atoms with van der Waals surface area (Å²) in [5.41, 5.74) is 0.251. The molecule has 0 radical (unpaired) electrons. The molecule has 0 amide bonds. The zero-order valence-corrected chi connectivity index (χ0v) is 10.6. The lowest BCUT2D eigenvalue weighted by molar-refractivity contribution is -0.384. The van der Waals surface area contributed by atoms with Crippen molar-refractivity contribution in [1.29, 1.82) is 0 Å². The molecule has 1 aromatic rings. The Morgan fingerprint density at radius 1 is 1.16 bits per heavy atom. The second-order valence-electron chi connectivity index (χ2n) is 4.08. The zero-order chi connectivity index (χ0) is 14.1. The van der Waals surface area contributed by atoms with Gasteiger partial charge in [0.25, 0.3) is 5.69 Å². The highest BCUT2D eigenvalue weighted by Gasteiger charge is 2.10. The van der Waals surface area contributed by atoms with Gasteiger partial charge in [-0.05, 0) is 31.4 Å². The first-order valence-corrected chi connectivity index (χ1v) is 6.17. The van der Waals surface area contributed by atoms with Crippen molar-refractivity contribution >= 4 is 11.7 Å². The minimum Gasteiger partial charge on any atom is -0.462 e. The Morgan fingerprint density at radius 3 is 2.37 bits per heavy atom. The highest BCUT2D eigenvalue weighted by molar-refractivity contribution is 5.89. The van der Waals surface area contributed by atoms with E-state index in [1.54, 1.807) is 0 Å². The largest absolute Gasteiger partial charge is 0.462 e. The molecule has 1 aromatic carbocycles. The maximum Gasteiger partial charge on any atom is 0.338 e. The summed E-state index contributed by atoms with van der Waals surface area (Å²) in [4.78, 5) is 21.5. The summed E-state index contributed by atoms with van der Waals surface area (Å²) >= 11 is 0. The first kappa shape index (κ1) is 15.1. The summed E-state index contributed by atoms with van der Waals surface area (Å²) in [5.74, 6) is -0.475. The maximum absolute atomic E-state index is 11.6. The van der Waals surface area contributed by atoms with Crippen LogP contribution in [0, 0.1) is 10.1 Å². The second kappa shape index (κ2) is 8.20. The molecule has 6 heteroatoms. The number of rotatable bonds is 8. The number of nitrogens with zero attached hydrogens (tertiary/aromatic N) is 1. The van der Waals surface area contributed by atoms with E-state index in [9.17, 15) is 14.9 Å². The summed E-state index contributed by atoms with van der Waals surface area (Å²) in [7, 11) is 0. The molecule has 0 bridgehead atoms. The lowest BCUT2D eigenvalue weighted by Crippen LogP contribution is -2.06. The third kappa shape index (κ3) is 5.48. The molecule has 6 nitrogen and oxygen atoms in total. The number of unbranched alkanes of at least 4 members (excludes halogenated alkanes) is 3. The molecule has 0 spiro atoms. The number of nitro groups is 1. The van der Waals surface area contributed by atoms with E-state index in [4.69, 9.17) is 9.84 Å². The summed E-state index contributed by atoms with van der Waals surface area (Å²) in [6.07, 6.45) is 3.31. The van der Waals surface area contributed by atoms with Crippen LogP contribution in [0.3, 0.4) is 0 Å². The Labute approximate surface area is 111 Å². The monoisotopic (exact) mass is 267 g/mol. The van der Waals surface area contributed by atoms with Crippen molar-refractivity contribution in [3.63, 3.8) is 0 Å².